The van der Waals surface area contributed by atoms with E-state index in [-0.39, 0.29) is 11.2 Å². The summed E-state index contributed by atoms with van der Waals surface area (Å²) in [6.07, 6.45) is 2.13. The predicted octanol–water partition coefficient (Wildman–Crippen LogP) is 2.35. The van der Waals surface area contributed by atoms with Crippen LogP contribution in [0.15, 0.2) is 0 Å². The summed E-state index contributed by atoms with van der Waals surface area (Å²) in [5.41, 5.74) is -0.0150. The summed E-state index contributed by atoms with van der Waals surface area (Å²) in [5.74, 6) is 0. The maximum Gasteiger partial charge on any atom is 0.114 e. The van der Waals surface area contributed by atoms with Gasteiger partial charge in [0.25, 0.3) is 0 Å². The summed E-state index contributed by atoms with van der Waals surface area (Å²) in [7, 11) is 0. The number of morpholine rings is 1. The van der Waals surface area contributed by atoms with E-state index in [1.54, 1.807) is 0 Å². The topological polar surface area (TPSA) is 30.5 Å². The van der Waals surface area contributed by atoms with Gasteiger partial charge in [-0.25, -0.2) is 0 Å². The van der Waals surface area contributed by atoms with Crippen LogP contribution in [0.5, 0.6) is 0 Å². The monoisotopic (exact) mass is 241 g/mol. The van der Waals surface area contributed by atoms with Crippen LogP contribution in [-0.2, 0) is 9.47 Å². The summed E-state index contributed by atoms with van der Waals surface area (Å²) in [4.78, 5) is 0. The molecule has 2 heterocycles. The van der Waals surface area contributed by atoms with E-state index in [0.717, 1.165) is 32.6 Å². The number of ether oxygens (including phenoxy) is 2. The lowest BCUT2D eigenvalue weighted by atomic mass is 9.72. The van der Waals surface area contributed by atoms with Crippen molar-refractivity contribution >= 4 is 0 Å². The zero-order valence-electron chi connectivity index (χ0n) is 11.9. The minimum absolute atomic E-state index is 0.140. The van der Waals surface area contributed by atoms with Gasteiger partial charge in [0, 0.05) is 19.0 Å². The van der Waals surface area contributed by atoms with Crippen molar-refractivity contribution in [3.8, 4) is 0 Å². The van der Waals surface area contributed by atoms with Crippen LogP contribution in [0.25, 0.3) is 0 Å². The minimum atomic E-state index is -0.184. The molecule has 0 aromatic rings. The Kier molecular flexibility index (Phi) is 3.30. The Morgan fingerprint density at radius 3 is 2.41 bits per heavy atom. The third kappa shape index (κ3) is 2.38. The lowest BCUT2D eigenvalue weighted by Gasteiger charge is -2.50. The molecule has 2 saturated heterocycles. The summed E-state index contributed by atoms with van der Waals surface area (Å²) < 4.78 is 12.1. The van der Waals surface area contributed by atoms with E-state index >= 15 is 0 Å². The summed E-state index contributed by atoms with van der Waals surface area (Å²) in [5, 5.41) is 3.66. The van der Waals surface area contributed by atoms with Gasteiger partial charge >= 0.3 is 0 Å². The number of nitrogens with one attached hydrogen (secondary N) is 1. The summed E-state index contributed by atoms with van der Waals surface area (Å²) in [6.45, 7) is 13.8. The molecule has 17 heavy (non-hydrogen) atoms. The van der Waals surface area contributed by atoms with E-state index in [1.165, 1.54) is 0 Å². The molecule has 2 rings (SSSR count). The van der Waals surface area contributed by atoms with E-state index < -0.39 is 0 Å². The fourth-order valence-corrected chi connectivity index (χ4v) is 3.30. The zero-order chi connectivity index (χ0) is 12.7. The van der Waals surface area contributed by atoms with Crippen LogP contribution in [0.1, 0.15) is 47.5 Å². The molecular formula is C14H27NO2. The van der Waals surface area contributed by atoms with Crippen LogP contribution < -0.4 is 5.32 Å². The van der Waals surface area contributed by atoms with E-state index in [2.05, 4.69) is 39.9 Å². The molecule has 1 N–H and O–H groups in total. The normalized spacial score (nSPS) is 37.6. The van der Waals surface area contributed by atoms with Gasteiger partial charge in [-0.05, 0) is 25.7 Å². The van der Waals surface area contributed by atoms with Gasteiger partial charge in [0.15, 0.2) is 0 Å². The summed E-state index contributed by atoms with van der Waals surface area (Å²) in [6, 6.07) is 0.397. The van der Waals surface area contributed by atoms with Crippen molar-refractivity contribution in [3.63, 3.8) is 0 Å². The van der Waals surface area contributed by atoms with Crippen molar-refractivity contribution in [2.24, 2.45) is 5.41 Å². The van der Waals surface area contributed by atoms with Crippen molar-refractivity contribution in [1.82, 2.24) is 5.32 Å². The highest BCUT2D eigenvalue weighted by atomic mass is 16.6. The number of hydrogen-bond donors (Lipinski definition) is 1. The van der Waals surface area contributed by atoms with Gasteiger partial charge in [-0.15, -0.1) is 0 Å². The molecule has 0 bridgehead atoms. The number of rotatable bonds is 1. The zero-order valence-corrected chi connectivity index (χ0v) is 11.9. The highest BCUT2D eigenvalue weighted by Crippen LogP contribution is 2.45. The van der Waals surface area contributed by atoms with Gasteiger partial charge < -0.3 is 14.8 Å². The Morgan fingerprint density at radius 2 is 1.88 bits per heavy atom. The lowest BCUT2D eigenvalue weighted by Crippen LogP contribution is -2.66. The second-order valence-corrected chi connectivity index (χ2v) is 7.12. The first kappa shape index (κ1) is 13.3. The van der Waals surface area contributed by atoms with Gasteiger partial charge in [-0.3, -0.25) is 0 Å². The van der Waals surface area contributed by atoms with Gasteiger partial charge in [-0.1, -0.05) is 20.8 Å². The Bertz CT molecular complexity index is 282. The summed E-state index contributed by atoms with van der Waals surface area (Å²) >= 11 is 0. The average molecular weight is 241 g/mol. The third-order valence-corrected chi connectivity index (χ3v) is 4.19. The van der Waals surface area contributed by atoms with Gasteiger partial charge in [0.05, 0.1) is 18.8 Å². The maximum absolute atomic E-state index is 6.21. The van der Waals surface area contributed by atoms with Crippen molar-refractivity contribution in [3.05, 3.63) is 0 Å². The van der Waals surface area contributed by atoms with Gasteiger partial charge in [0.1, 0.15) is 5.60 Å². The molecule has 0 aromatic heterocycles. The standard InChI is InChI=1S/C14H27NO2/c1-12(2,3)10-11-14(17-9-7-15-11)6-8-16-13(14,4)5/h11,15H,6-10H2,1-5H3. The van der Waals surface area contributed by atoms with Gasteiger partial charge in [0.2, 0.25) is 0 Å². The van der Waals surface area contributed by atoms with Crippen molar-refractivity contribution in [2.45, 2.75) is 64.7 Å². The maximum atomic E-state index is 6.21. The molecule has 0 aliphatic carbocycles. The predicted molar refractivity (Wildman–Crippen MR) is 69.2 cm³/mol. The fourth-order valence-electron chi connectivity index (χ4n) is 3.30. The average Bonchev–Trinajstić information content (AvgIpc) is 2.45. The molecule has 0 aromatic carbocycles. The molecule has 2 fully saturated rings. The first-order valence-corrected chi connectivity index (χ1v) is 6.78. The molecule has 2 aliphatic heterocycles. The van der Waals surface area contributed by atoms with E-state index in [0.29, 0.717) is 11.5 Å². The van der Waals surface area contributed by atoms with E-state index in [9.17, 15) is 0 Å². The quantitative estimate of drug-likeness (QED) is 0.764. The molecule has 2 unspecified atom stereocenters. The molecule has 3 nitrogen and oxygen atoms in total. The molecule has 0 amide bonds. The van der Waals surface area contributed by atoms with E-state index in [4.69, 9.17) is 9.47 Å². The molecule has 100 valence electrons. The lowest BCUT2D eigenvalue weighted by molar-refractivity contribution is -0.175. The Labute approximate surface area is 105 Å². The number of hydrogen-bond acceptors (Lipinski definition) is 3. The van der Waals surface area contributed by atoms with Crippen LogP contribution in [0.2, 0.25) is 0 Å². The Morgan fingerprint density at radius 1 is 1.18 bits per heavy atom. The first-order valence-electron chi connectivity index (χ1n) is 6.78. The molecule has 0 saturated carbocycles. The first-order chi connectivity index (χ1) is 7.77. The SMILES string of the molecule is CC(C)(C)CC1NCCOC12CCOC2(C)C. The van der Waals surface area contributed by atoms with Crippen molar-refractivity contribution < 1.29 is 9.47 Å². The van der Waals surface area contributed by atoms with Crippen molar-refractivity contribution in [2.75, 3.05) is 19.8 Å². The molecule has 1 spiro atoms. The van der Waals surface area contributed by atoms with Crippen molar-refractivity contribution in [1.29, 1.82) is 0 Å². The van der Waals surface area contributed by atoms with Crippen LogP contribution >= 0.6 is 0 Å². The van der Waals surface area contributed by atoms with Crippen LogP contribution in [0.3, 0.4) is 0 Å². The van der Waals surface area contributed by atoms with Crippen LogP contribution in [0.4, 0.5) is 0 Å². The molecule has 0 radical (unpaired) electrons. The second kappa shape index (κ2) is 4.22. The fraction of sp³-hybridized carbons (Fsp3) is 1.00. The molecule has 2 atom stereocenters. The highest BCUT2D eigenvalue weighted by Gasteiger charge is 2.57. The molecular weight excluding hydrogens is 214 g/mol. The van der Waals surface area contributed by atoms with Crippen LogP contribution in [0, 0.1) is 5.41 Å². The Hall–Kier alpha value is -0.120. The van der Waals surface area contributed by atoms with Crippen LogP contribution in [-0.4, -0.2) is 37.0 Å². The second-order valence-electron chi connectivity index (χ2n) is 7.12. The molecule has 2 aliphatic rings. The minimum Gasteiger partial charge on any atom is -0.372 e. The van der Waals surface area contributed by atoms with E-state index in [1.807, 2.05) is 0 Å². The largest absolute Gasteiger partial charge is 0.372 e. The smallest absolute Gasteiger partial charge is 0.114 e. The Balaban J connectivity index is 2.23. The third-order valence-electron chi connectivity index (χ3n) is 4.19. The molecule has 3 heteroatoms. The van der Waals surface area contributed by atoms with Gasteiger partial charge in [-0.2, -0.15) is 0 Å². The highest BCUT2D eigenvalue weighted by molar-refractivity contribution is 5.10.